The topological polar surface area (TPSA) is 58.4 Å². The molecule has 0 radical (unpaired) electrons. The second-order valence-corrected chi connectivity index (χ2v) is 5.55. The maximum absolute atomic E-state index is 11.4. The Kier molecular flexibility index (Phi) is 3.98. The van der Waals surface area contributed by atoms with Gasteiger partial charge in [0.2, 0.25) is 5.91 Å². The number of nitrogens with one attached hydrogen (secondary N) is 1. The monoisotopic (exact) mass is 261 g/mol. The number of aryl methyl sites for hydroxylation is 1. The molecular weight excluding hydrogens is 238 g/mol. The molecular formula is C15H23N3O. The summed E-state index contributed by atoms with van der Waals surface area (Å²) in [6.45, 7) is 8.48. The van der Waals surface area contributed by atoms with Gasteiger partial charge in [-0.1, -0.05) is 13.8 Å². The van der Waals surface area contributed by atoms with Crippen molar-refractivity contribution in [3.8, 4) is 0 Å². The molecule has 0 spiro atoms. The highest BCUT2D eigenvalue weighted by atomic mass is 16.1. The number of amides is 1. The summed E-state index contributed by atoms with van der Waals surface area (Å²) in [6, 6.07) is 4.03. The Labute approximate surface area is 115 Å². The molecule has 1 amide bonds. The van der Waals surface area contributed by atoms with Crippen LogP contribution < -0.4 is 16.0 Å². The zero-order valence-electron chi connectivity index (χ0n) is 12.0. The van der Waals surface area contributed by atoms with E-state index >= 15 is 0 Å². The number of nitrogens with zero attached hydrogens (tertiary/aromatic N) is 1. The Morgan fingerprint density at radius 1 is 1.37 bits per heavy atom. The van der Waals surface area contributed by atoms with Crippen LogP contribution in [0.5, 0.6) is 0 Å². The van der Waals surface area contributed by atoms with Gasteiger partial charge in [-0.15, -0.1) is 0 Å². The van der Waals surface area contributed by atoms with Gasteiger partial charge in [0.25, 0.3) is 0 Å². The smallest absolute Gasteiger partial charge is 0.224 e. The molecule has 1 aliphatic heterocycles. The molecule has 104 valence electrons. The zero-order valence-corrected chi connectivity index (χ0v) is 12.0. The van der Waals surface area contributed by atoms with Crippen molar-refractivity contribution in [3.63, 3.8) is 0 Å². The van der Waals surface area contributed by atoms with E-state index in [2.05, 4.69) is 37.1 Å². The zero-order chi connectivity index (χ0) is 14.0. The SMILES string of the molecule is CCN(CC(C)C)c1cc2c(cc1N)NC(=O)CC2. The lowest BCUT2D eigenvalue weighted by Crippen LogP contribution is -2.28. The van der Waals surface area contributed by atoms with E-state index in [9.17, 15) is 4.79 Å². The first-order valence-electron chi connectivity index (χ1n) is 6.98. The molecule has 0 aromatic heterocycles. The minimum Gasteiger partial charge on any atom is -0.397 e. The van der Waals surface area contributed by atoms with Crippen LogP contribution in [0.4, 0.5) is 17.1 Å². The summed E-state index contributed by atoms with van der Waals surface area (Å²) in [5.74, 6) is 0.671. The first-order chi connectivity index (χ1) is 9.01. The third-order valence-corrected chi connectivity index (χ3v) is 3.46. The predicted molar refractivity (Wildman–Crippen MR) is 80.5 cm³/mol. The number of fused-ring (bicyclic) bond motifs is 1. The Bertz CT molecular complexity index is 483. The summed E-state index contributed by atoms with van der Waals surface area (Å²) in [5, 5.41) is 2.89. The number of carbonyl (C=O) groups excluding carboxylic acids is 1. The van der Waals surface area contributed by atoms with E-state index in [4.69, 9.17) is 5.73 Å². The molecule has 0 saturated heterocycles. The fraction of sp³-hybridized carbons (Fsp3) is 0.533. The number of benzene rings is 1. The molecule has 4 nitrogen and oxygen atoms in total. The summed E-state index contributed by atoms with van der Waals surface area (Å²) in [4.78, 5) is 13.7. The Balaban J connectivity index is 2.33. The van der Waals surface area contributed by atoms with Gasteiger partial charge < -0.3 is 16.0 Å². The second kappa shape index (κ2) is 5.51. The van der Waals surface area contributed by atoms with E-state index in [1.165, 1.54) is 5.56 Å². The van der Waals surface area contributed by atoms with Crippen LogP contribution in [0.2, 0.25) is 0 Å². The van der Waals surface area contributed by atoms with Crippen molar-refractivity contribution in [2.45, 2.75) is 33.6 Å². The van der Waals surface area contributed by atoms with Crippen molar-refractivity contribution in [3.05, 3.63) is 17.7 Å². The first kappa shape index (κ1) is 13.7. The number of hydrogen-bond donors (Lipinski definition) is 2. The third kappa shape index (κ3) is 3.00. The van der Waals surface area contributed by atoms with Gasteiger partial charge in [0, 0.05) is 25.2 Å². The average molecular weight is 261 g/mol. The fourth-order valence-electron chi connectivity index (χ4n) is 2.54. The van der Waals surface area contributed by atoms with Crippen LogP contribution in [0.15, 0.2) is 12.1 Å². The van der Waals surface area contributed by atoms with Crippen molar-refractivity contribution >= 4 is 23.0 Å². The number of nitrogens with two attached hydrogens (primary N) is 1. The van der Waals surface area contributed by atoms with Crippen molar-refractivity contribution < 1.29 is 4.79 Å². The molecule has 0 atom stereocenters. The summed E-state index contributed by atoms with van der Waals surface area (Å²) < 4.78 is 0. The number of rotatable bonds is 4. The maximum Gasteiger partial charge on any atom is 0.224 e. The molecule has 0 unspecified atom stereocenters. The molecule has 1 aliphatic rings. The van der Waals surface area contributed by atoms with Crippen LogP contribution in [0.25, 0.3) is 0 Å². The molecule has 0 fully saturated rings. The third-order valence-electron chi connectivity index (χ3n) is 3.46. The highest BCUT2D eigenvalue weighted by Gasteiger charge is 2.18. The summed E-state index contributed by atoms with van der Waals surface area (Å²) in [5.41, 5.74) is 10.0. The van der Waals surface area contributed by atoms with Gasteiger partial charge in [0.05, 0.1) is 11.4 Å². The fourth-order valence-corrected chi connectivity index (χ4v) is 2.54. The number of carbonyl (C=O) groups is 1. The normalized spacial score (nSPS) is 14.2. The van der Waals surface area contributed by atoms with Gasteiger partial charge >= 0.3 is 0 Å². The summed E-state index contributed by atoms with van der Waals surface area (Å²) >= 11 is 0. The molecule has 1 aromatic carbocycles. The standard InChI is InChI=1S/C15H23N3O/c1-4-18(9-10(2)3)14-7-11-5-6-15(19)17-13(11)8-12(14)16/h7-8,10H,4-6,9,16H2,1-3H3,(H,17,19). The van der Waals surface area contributed by atoms with Crippen molar-refractivity contribution in [1.82, 2.24) is 0 Å². The van der Waals surface area contributed by atoms with Crippen molar-refractivity contribution in [2.75, 3.05) is 29.0 Å². The quantitative estimate of drug-likeness (QED) is 0.819. The molecule has 0 bridgehead atoms. The summed E-state index contributed by atoms with van der Waals surface area (Å²) in [7, 11) is 0. The van der Waals surface area contributed by atoms with Crippen LogP contribution in [0.1, 0.15) is 32.8 Å². The van der Waals surface area contributed by atoms with E-state index in [-0.39, 0.29) is 5.91 Å². The van der Waals surface area contributed by atoms with Crippen LogP contribution in [-0.4, -0.2) is 19.0 Å². The van der Waals surface area contributed by atoms with Crippen molar-refractivity contribution in [1.29, 1.82) is 0 Å². The number of hydrogen-bond acceptors (Lipinski definition) is 3. The van der Waals surface area contributed by atoms with Crippen LogP contribution >= 0.6 is 0 Å². The average Bonchev–Trinajstić information content (AvgIpc) is 2.35. The molecule has 4 heteroatoms. The van der Waals surface area contributed by atoms with Crippen LogP contribution in [0, 0.1) is 5.92 Å². The molecule has 2 rings (SSSR count). The lowest BCUT2D eigenvalue weighted by atomic mass is 10.0. The second-order valence-electron chi connectivity index (χ2n) is 5.55. The summed E-state index contributed by atoms with van der Waals surface area (Å²) in [6.07, 6.45) is 1.36. The largest absolute Gasteiger partial charge is 0.397 e. The highest BCUT2D eigenvalue weighted by Crippen LogP contribution is 2.33. The van der Waals surface area contributed by atoms with Gasteiger partial charge in [0.15, 0.2) is 0 Å². The lowest BCUT2D eigenvalue weighted by molar-refractivity contribution is -0.116. The van der Waals surface area contributed by atoms with E-state index in [1.807, 2.05) is 6.07 Å². The lowest BCUT2D eigenvalue weighted by Gasteiger charge is -2.28. The van der Waals surface area contributed by atoms with Gasteiger partial charge in [-0.3, -0.25) is 4.79 Å². The number of nitrogen functional groups attached to an aromatic ring is 1. The molecule has 0 aliphatic carbocycles. The van der Waals surface area contributed by atoms with Crippen molar-refractivity contribution in [2.24, 2.45) is 5.92 Å². The van der Waals surface area contributed by atoms with E-state index in [0.717, 1.165) is 36.6 Å². The van der Waals surface area contributed by atoms with Crippen LogP contribution in [-0.2, 0) is 11.2 Å². The minimum absolute atomic E-state index is 0.0779. The van der Waals surface area contributed by atoms with E-state index < -0.39 is 0 Å². The molecule has 19 heavy (non-hydrogen) atoms. The molecule has 0 saturated carbocycles. The first-order valence-corrected chi connectivity index (χ1v) is 6.98. The Morgan fingerprint density at radius 2 is 2.11 bits per heavy atom. The molecule has 1 heterocycles. The Morgan fingerprint density at radius 3 is 2.74 bits per heavy atom. The van der Waals surface area contributed by atoms with E-state index in [0.29, 0.717) is 12.3 Å². The predicted octanol–water partition coefficient (Wildman–Crippen LogP) is 2.64. The van der Waals surface area contributed by atoms with Gasteiger partial charge in [-0.05, 0) is 37.0 Å². The van der Waals surface area contributed by atoms with Crippen LogP contribution in [0.3, 0.4) is 0 Å². The maximum atomic E-state index is 11.4. The van der Waals surface area contributed by atoms with E-state index in [1.54, 1.807) is 0 Å². The molecule has 3 N–H and O–H groups in total. The highest BCUT2D eigenvalue weighted by molar-refractivity contribution is 5.95. The number of anilines is 3. The van der Waals surface area contributed by atoms with Gasteiger partial charge in [-0.25, -0.2) is 0 Å². The Hall–Kier alpha value is -1.71. The van der Waals surface area contributed by atoms with Gasteiger partial charge in [-0.2, -0.15) is 0 Å². The van der Waals surface area contributed by atoms with Gasteiger partial charge in [0.1, 0.15) is 0 Å². The minimum atomic E-state index is 0.0779. The molecule has 1 aromatic rings.